The summed E-state index contributed by atoms with van der Waals surface area (Å²) in [4.78, 5) is 0. The molecule has 2 rings (SSSR count). The highest BCUT2D eigenvalue weighted by atomic mass is 16.8. The summed E-state index contributed by atoms with van der Waals surface area (Å²) in [6, 6.07) is 0. The Morgan fingerprint density at radius 1 is 0.880 bits per heavy atom. The van der Waals surface area contributed by atoms with Crippen LogP contribution in [0.2, 0.25) is 0 Å². The Labute approximate surface area is 143 Å². The fourth-order valence-corrected chi connectivity index (χ4v) is 3.12. The van der Waals surface area contributed by atoms with Gasteiger partial charge in [-0.2, -0.15) is 0 Å². The predicted molar refractivity (Wildman–Crippen MR) is 77.9 cm³/mol. The SMILES string of the molecule is C[C@]1(O[C@@H]2O[C@H](CO)[C@@H](O)[C@H](O)[C@H]2O)O[C@H](CO)[C@H](O)[C@](C)(O)[C@H]1O. The van der Waals surface area contributed by atoms with Crippen LogP contribution in [-0.4, -0.2) is 114 Å². The number of ether oxygens (including phenoxy) is 3. The summed E-state index contributed by atoms with van der Waals surface area (Å²) in [7, 11) is 0. The molecular weight excluding hydrogens is 344 g/mol. The number of hydrogen-bond acceptors (Lipinski definition) is 11. The molecule has 25 heavy (non-hydrogen) atoms. The van der Waals surface area contributed by atoms with Crippen molar-refractivity contribution in [3.05, 3.63) is 0 Å². The molecule has 0 aliphatic carbocycles. The minimum atomic E-state index is -2.13. The van der Waals surface area contributed by atoms with Crippen molar-refractivity contribution in [1.82, 2.24) is 0 Å². The van der Waals surface area contributed by atoms with Crippen LogP contribution in [0.15, 0.2) is 0 Å². The van der Waals surface area contributed by atoms with Gasteiger partial charge in [0.2, 0.25) is 0 Å². The molecule has 8 N–H and O–H groups in total. The Balaban J connectivity index is 2.24. The molecule has 10 atom stereocenters. The van der Waals surface area contributed by atoms with Crippen molar-refractivity contribution in [3.63, 3.8) is 0 Å². The van der Waals surface area contributed by atoms with E-state index in [1.165, 1.54) is 6.92 Å². The van der Waals surface area contributed by atoms with Crippen LogP contribution in [0, 0.1) is 0 Å². The first kappa shape index (κ1) is 20.9. The summed E-state index contributed by atoms with van der Waals surface area (Å²) in [6.07, 6.45) is -12.7. The third-order valence-corrected chi connectivity index (χ3v) is 4.77. The molecule has 0 unspecified atom stereocenters. The molecule has 0 aromatic rings. The second-order valence-corrected chi connectivity index (χ2v) is 6.74. The molecule has 0 radical (unpaired) electrons. The van der Waals surface area contributed by atoms with E-state index < -0.39 is 73.6 Å². The molecule has 0 aromatic carbocycles. The molecule has 2 fully saturated rings. The predicted octanol–water partition coefficient (Wildman–Crippen LogP) is -4.62. The van der Waals surface area contributed by atoms with Crippen molar-refractivity contribution in [2.45, 2.75) is 74.3 Å². The molecule has 0 amide bonds. The Hall–Kier alpha value is -0.440. The lowest BCUT2D eigenvalue weighted by atomic mass is 9.82. The summed E-state index contributed by atoms with van der Waals surface area (Å²) in [6.45, 7) is 0.919. The molecule has 2 aliphatic rings. The first-order valence-corrected chi connectivity index (χ1v) is 7.85. The molecule has 0 aromatic heterocycles. The second-order valence-electron chi connectivity index (χ2n) is 6.74. The molecule has 2 aliphatic heterocycles. The van der Waals surface area contributed by atoms with Gasteiger partial charge in [-0.15, -0.1) is 0 Å². The van der Waals surface area contributed by atoms with Gasteiger partial charge in [0.1, 0.15) is 48.3 Å². The van der Waals surface area contributed by atoms with E-state index in [1.54, 1.807) is 0 Å². The molecular formula is C14H26O11. The maximum absolute atomic E-state index is 10.4. The minimum Gasteiger partial charge on any atom is -0.394 e. The average Bonchev–Trinajstić information content (AvgIpc) is 2.57. The summed E-state index contributed by atoms with van der Waals surface area (Å²) in [5, 5.41) is 78.7. The largest absolute Gasteiger partial charge is 0.394 e. The lowest BCUT2D eigenvalue weighted by molar-refractivity contribution is -0.428. The van der Waals surface area contributed by atoms with E-state index >= 15 is 0 Å². The topological polar surface area (TPSA) is 190 Å². The van der Waals surface area contributed by atoms with E-state index in [0.717, 1.165) is 6.92 Å². The molecule has 11 heteroatoms. The minimum absolute atomic E-state index is 0.680. The van der Waals surface area contributed by atoms with Crippen LogP contribution >= 0.6 is 0 Å². The number of aliphatic hydroxyl groups excluding tert-OH is 7. The lowest BCUT2D eigenvalue weighted by Crippen LogP contribution is -2.72. The van der Waals surface area contributed by atoms with E-state index in [-0.39, 0.29) is 0 Å². The summed E-state index contributed by atoms with van der Waals surface area (Å²) < 4.78 is 15.9. The van der Waals surface area contributed by atoms with E-state index in [1.807, 2.05) is 0 Å². The number of aliphatic hydroxyl groups is 8. The van der Waals surface area contributed by atoms with Crippen molar-refractivity contribution in [2.75, 3.05) is 13.2 Å². The van der Waals surface area contributed by atoms with Crippen molar-refractivity contribution in [1.29, 1.82) is 0 Å². The maximum atomic E-state index is 10.4. The van der Waals surface area contributed by atoms with Crippen molar-refractivity contribution >= 4 is 0 Å². The third kappa shape index (κ3) is 3.55. The van der Waals surface area contributed by atoms with Gasteiger partial charge in [-0.05, 0) is 13.8 Å². The van der Waals surface area contributed by atoms with Gasteiger partial charge in [0, 0.05) is 0 Å². The van der Waals surface area contributed by atoms with Crippen molar-refractivity contribution in [3.8, 4) is 0 Å². The zero-order chi connectivity index (χ0) is 19.2. The van der Waals surface area contributed by atoms with Gasteiger partial charge in [-0.25, -0.2) is 0 Å². The van der Waals surface area contributed by atoms with Gasteiger partial charge in [-0.3, -0.25) is 0 Å². The quantitative estimate of drug-likeness (QED) is 0.238. The van der Waals surface area contributed by atoms with Crippen LogP contribution < -0.4 is 0 Å². The van der Waals surface area contributed by atoms with Crippen LogP contribution in [-0.2, 0) is 14.2 Å². The Kier molecular flexibility index (Phi) is 6.08. The Morgan fingerprint density at radius 2 is 1.44 bits per heavy atom. The molecule has 2 heterocycles. The highest BCUT2D eigenvalue weighted by Gasteiger charge is 2.60. The fourth-order valence-electron chi connectivity index (χ4n) is 3.12. The zero-order valence-corrected chi connectivity index (χ0v) is 13.8. The molecule has 0 spiro atoms. The van der Waals surface area contributed by atoms with E-state index in [4.69, 9.17) is 14.2 Å². The van der Waals surface area contributed by atoms with Crippen LogP contribution in [0.4, 0.5) is 0 Å². The van der Waals surface area contributed by atoms with E-state index in [9.17, 15) is 40.9 Å². The van der Waals surface area contributed by atoms with Gasteiger partial charge in [-0.1, -0.05) is 0 Å². The monoisotopic (exact) mass is 370 g/mol. The van der Waals surface area contributed by atoms with Crippen LogP contribution in [0.5, 0.6) is 0 Å². The van der Waals surface area contributed by atoms with Crippen LogP contribution in [0.3, 0.4) is 0 Å². The van der Waals surface area contributed by atoms with E-state index in [0.29, 0.717) is 0 Å². The molecule has 11 nitrogen and oxygen atoms in total. The number of hydrogen-bond donors (Lipinski definition) is 8. The summed E-state index contributed by atoms with van der Waals surface area (Å²) in [5.74, 6) is -2.05. The lowest BCUT2D eigenvalue weighted by Gasteiger charge is -2.53. The standard InChI is InChI=1S/C14H26O11/c1-13(22)10(20)6(4-16)24-14(2,12(13)21)25-11-9(19)8(18)7(17)5(3-15)23-11/h5-12,15-22H,3-4H2,1-2H3/t5-,6-,7-,8+,9-,10+,11+,12-,13+,14-/m1/s1. The highest BCUT2D eigenvalue weighted by Crippen LogP contribution is 2.39. The molecule has 0 saturated carbocycles. The van der Waals surface area contributed by atoms with Crippen LogP contribution in [0.1, 0.15) is 13.8 Å². The smallest absolute Gasteiger partial charge is 0.198 e. The Morgan fingerprint density at radius 3 is 1.96 bits per heavy atom. The van der Waals surface area contributed by atoms with Crippen molar-refractivity contribution in [2.24, 2.45) is 0 Å². The Bertz CT molecular complexity index is 458. The average molecular weight is 370 g/mol. The number of rotatable bonds is 4. The second kappa shape index (κ2) is 7.29. The first-order valence-electron chi connectivity index (χ1n) is 7.85. The van der Waals surface area contributed by atoms with Gasteiger partial charge in [0.25, 0.3) is 0 Å². The normalized spacial score (nSPS) is 54.5. The van der Waals surface area contributed by atoms with Gasteiger partial charge in [0.15, 0.2) is 12.1 Å². The van der Waals surface area contributed by atoms with Gasteiger partial charge >= 0.3 is 0 Å². The van der Waals surface area contributed by atoms with Gasteiger partial charge < -0.3 is 55.1 Å². The summed E-state index contributed by atoms with van der Waals surface area (Å²) in [5.41, 5.74) is -2.13. The molecule has 148 valence electrons. The maximum Gasteiger partial charge on any atom is 0.198 e. The third-order valence-electron chi connectivity index (χ3n) is 4.77. The molecule has 2 saturated heterocycles. The summed E-state index contributed by atoms with van der Waals surface area (Å²) >= 11 is 0. The van der Waals surface area contributed by atoms with Crippen LogP contribution in [0.25, 0.3) is 0 Å². The molecule has 0 bridgehead atoms. The fraction of sp³-hybridized carbons (Fsp3) is 1.00. The van der Waals surface area contributed by atoms with E-state index in [2.05, 4.69) is 0 Å². The highest BCUT2D eigenvalue weighted by molar-refractivity contribution is 5.04. The van der Waals surface area contributed by atoms with Crippen molar-refractivity contribution < 1.29 is 55.1 Å². The zero-order valence-electron chi connectivity index (χ0n) is 13.8. The first-order chi connectivity index (χ1) is 11.5. The van der Waals surface area contributed by atoms with Gasteiger partial charge in [0.05, 0.1) is 13.2 Å².